The standard InChI is InChI=1S/C15H22ClNO3/c1-3-9-17(12-15(18)19-4-2)10-11-20-14-8-6-5-7-13(14)16/h5-8H,3-4,9-12H2,1-2H3. The zero-order valence-electron chi connectivity index (χ0n) is 12.1. The van der Waals surface area contributed by atoms with E-state index in [0.717, 1.165) is 13.0 Å². The summed E-state index contributed by atoms with van der Waals surface area (Å²) in [7, 11) is 0. The van der Waals surface area contributed by atoms with Crippen LogP contribution in [0.25, 0.3) is 0 Å². The maximum Gasteiger partial charge on any atom is 0.320 e. The highest BCUT2D eigenvalue weighted by Gasteiger charge is 2.11. The molecule has 0 fully saturated rings. The number of carbonyl (C=O) groups is 1. The molecule has 0 saturated heterocycles. The molecular weight excluding hydrogens is 278 g/mol. The van der Waals surface area contributed by atoms with Gasteiger partial charge in [0.15, 0.2) is 0 Å². The monoisotopic (exact) mass is 299 g/mol. The molecule has 0 aliphatic heterocycles. The number of esters is 1. The van der Waals surface area contributed by atoms with Crippen molar-refractivity contribution in [1.29, 1.82) is 0 Å². The van der Waals surface area contributed by atoms with Crippen molar-refractivity contribution in [3.63, 3.8) is 0 Å². The fourth-order valence-electron chi connectivity index (χ4n) is 1.82. The smallest absolute Gasteiger partial charge is 0.320 e. The number of hydrogen-bond donors (Lipinski definition) is 0. The van der Waals surface area contributed by atoms with Crippen molar-refractivity contribution in [3.8, 4) is 5.75 Å². The Morgan fingerprint density at radius 3 is 2.65 bits per heavy atom. The molecule has 0 radical (unpaired) electrons. The van der Waals surface area contributed by atoms with Crippen molar-refractivity contribution in [1.82, 2.24) is 4.90 Å². The van der Waals surface area contributed by atoms with Gasteiger partial charge < -0.3 is 9.47 Å². The van der Waals surface area contributed by atoms with Crippen LogP contribution in [-0.2, 0) is 9.53 Å². The Hall–Kier alpha value is -1.26. The molecule has 0 heterocycles. The van der Waals surface area contributed by atoms with Gasteiger partial charge in [-0.3, -0.25) is 9.69 Å². The fraction of sp³-hybridized carbons (Fsp3) is 0.533. The van der Waals surface area contributed by atoms with E-state index in [1.54, 1.807) is 6.07 Å². The molecule has 5 heteroatoms. The number of carbonyl (C=O) groups excluding carboxylic acids is 1. The van der Waals surface area contributed by atoms with Crippen molar-refractivity contribution in [2.75, 3.05) is 32.8 Å². The molecule has 0 amide bonds. The SMILES string of the molecule is CCCN(CCOc1ccccc1Cl)CC(=O)OCC. The van der Waals surface area contributed by atoms with Crippen molar-refractivity contribution in [2.24, 2.45) is 0 Å². The molecule has 0 bridgehead atoms. The van der Waals surface area contributed by atoms with Crippen molar-refractivity contribution in [2.45, 2.75) is 20.3 Å². The molecule has 0 spiro atoms. The van der Waals surface area contributed by atoms with Crippen molar-refractivity contribution < 1.29 is 14.3 Å². The van der Waals surface area contributed by atoms with Crippen LogP contribution in [-0.4, -0.2) is 43.7 Å². The Bertz CT molecular complexity index is 412. The Kier molecular flexibility index (Phi) is 8.07. The van der Waals surface area contributed by atoms with Gasteiger partial charge in [-0.25, -0.2) is 0 Å². The van der Waals surface area contributed by atoms with Gasteiger partial charge in [-0.15, -0.1) is 0 Å². The minimum atomic E-state index is -0.196. The van der Waals surface area contributed by atoms with Crippen LogP contribution in [0.5, 0.6) is 5.75 Å². The molecular formula is C15H22ClNO3. The second kappa shape index (κ2) is 9.61. The van der Waals surface area contributed by atoms with Gasteiger partial charge >= 0.3 is 5.97 Å². The van der Waals surface area contributed by atoms with Gasteiger partial charge in [0.2, 0.25) is 0 Å². The first-order chi connectivity index (χ1) is 9.67. The summed E-state index contributed by atoms with van der Waals surface area (Å²) in [6.07, 6.45) is 0.978. The molecule has 1 aromatic rings. The maximum absolute atomic E-state index is 11.5. The summed E-state index contributed by atoms with van der Waals surface area (Å²) in [5.74, 6) is 0.473. The van der Waals surface area contributed by atoms with E-state index in [1.807, 2.05) is 30.0 Å². The van der Waals surface area contributed by atoms with Gasteiger partial charge in [-0.05, 0) is 32.0 Å². The lowest BCUT2D eigenvalue weighted by atomic mass is 10.3. The minimum Gasteiger partial charge on any atom is -0.491 e. The summed E-state index contributed by atoms with van der Waals surface area (Å²) in [6.45, 7) is 6.59. The maximum atomic E-state index is 11.5. The Morgan fingerprint density at radius 2 is 2.00 bits per heavy atom. The predicted molar refractivity (Wildman–Crippen MR) is 80.3 cm³/mol. The first kappa shape index (κ1) is 16.8. The lowest BCUT2D eigenvalue weighted by Crippen LogP contribution is -2.35. The van der Waals surface area contributed by atoms with Crippen LogP contribution in [0.1, 0.15) is 20.3 Å². The van der Waals surface area contributed by atoms with E-state index >= 15 is 0 Å². The highest BCUT2D eigenvalue weighted by atomic mass is 35.5. The molecule has 20 heavy (non-hydrogen) atoms. The Labute approximate surface area is 125 Å². The summed E-state index contributed by atoms with van der Waals surface area (Å²) >= 11 is 6.01. The molecule has 4 nitrogen and oxygen atoms in total. The van der Waals surface area contributed by atoms with Gasteiger partial charge in [-0.2, -0.15) is 0 Å². The van der Waals surface area contributed by atoms with Crippen LogP contribution in [0.2, 0.25) is 5.02 Å². The lowest BCUT2D eigenvalue weighted by Gasteiger charge is -2.20. The van der Waals surface area contributed by atoms with Gasteiger partial charge in [0, 0.05) is 6.54 Å². The average molecular weight is 300 g/mol. The van der Waals surface area contributed by atoms with E-state index < -0.39 is 0 Å². The van der Waals surface area contributed by atoms with Crippen LogP contribution in [0.3, 0.4) is 0 Å². The quantitative estimate of drug-likeness (QED) is 0.657. The first-order valence-electron chi connectivity index (χ1n) is 6.92. The zero-order valence-corrected chi connectivity index (χ0v) is 12.9. The number of benzene rings is 1. The average Bonchev–Trinajstić information content (AvgIpc) is 2.41. The molecule has 0 aliphatic rings. The third-order valence-corrected chi connectivity index (χ3v) is 3.01. The van der Waals surface area contributed by atoms with Gasteiger partial charge in [0.25, 0.3) is 0 Å². The largest absolute Gasteiger partial charge is 0.491 e. The normalized spacial score (nSPS) is 10.6. The summed E-state index contributed by atoms with van der Waals surface area (Å²) in [6, 6.07) is 7.36. The first-order valence-corrected chi connectivity index (χ1v) is 7.30. The summed E-state index contributed by atoms with van der Waals surface area (Å²) in [4.78, 5) is 13.5. The highest BCUT2D eigenvalue weighted by molar-refractivity contribution is 6.32. The minimum absolute atomic E-state index is 0.196. The molecule has 1 aromatic carbocycles. The second-order valence-electron chi connectivity index (χ2n) is 4.36. The number of nitrogens with zero attached hydrogens (tertiary/aromatic N) is 1. The second-order valence-corrected chi connectivity index (χ2v) is 4.77. The molecule has 112 valence electrons. The van der Waals surface area contributed by atoms with Crippen LogP contribution in [0.4, 0.5) is 0 Å². The summed E-state index contributed by atoms with van der Waals surface area (Å²) < 4.78 is 10.6. The number of halogens is 1. The van der Waals surface area contributed by atoms with Crippen LogP contribution in [0, 0.1) is 0 Å². The molecule has 0 N–H and O–H groups in total. The van der Waals surface area contributed by atoms with Gasteiger partial charge in [-0.1, -0.05) is 30.7 Å². The van der Waals surface area contributed by atoms with E-state index in [4.69, 9.17) is 21.1 Å². The zero-order chi connectivity index (χ0) is 14.8. The number of para-hydroxylation sites is 1. The summed E-state index contributed by atoms with van der Waals surface area (Å²) in [5, 5.41) is 0.597. The van der Waals surface area contributed by atoms with Crippen molar-refractivity contribution >= 4 is 17.6 Å². The molecule has 1 rings (SSSR count). The fourth-order valence-corrected chi connectivity index (χ4v) is 2.01. The highest BCUT2D eigenvalue weighted by Crippen LogP contribution is 2.22. The molecule has 0 aliphatic carbocycles. The van der Waals surface area contributed by atoms with E-state index in [0.29, 0.717) is 37.1 Å². The third-order valence-electron chi connectivity index (χ3n) is 2.70. The van der Waals surface area contributed by atoms with Gasteiger partial charge in [0.1, 0.15) is 12.4 Å². The Balaban J connectivity index is 2.39. The van der Waals surface area contributed by atoms with Crippen LogP contribution in [0.15, 0.2) is 24.3 Å². The molecule has 0 unspecified atom stereocenters. The number of ether oxygens (including phenoxy) is 2. The van der Waals surface area contributed by atoms with Crippen LogP contribution < -0.4 is 4.74 Å². The topological polar surface area (TPSA) is 38.8 Å². The lowest BCUT2D eigenvalue weighted by molar-refractivity contribution is -0.144. The van der Waals surface area contributed by atoms with Crippen LogP contribution >= 0.6 is 11.6 Å². The summed E-state index contributed by atoms with van der Waals surface area (Å²) in [5.41, 5.74) is 0. The van der Waals surface area contributed by atoms with E-state index in [9.17, 15) is 4.79 Å². The number of hydrogen-bond acceptors (Lipinski definition) is 4. The van der Waals surface area contributed by atoms with Gasteiger partial charge in [0.05, 0.1) is 18.2 Å². The van der Waals surface area contributed by atoms with E-state index in [-0.39, 0.29) is 5.97 Å². The predicted octanol–water partition coefficient (Wildman–Crippen LogP) is 2.99. The molecule has 0 atom stereocenters. The van der Waals surface area contributed by atoms with E-state index in [2.05, 4.69) is 6.92 Å². The Morgan fingerprint density at radius 1 is 1.25 bits per heavy atom. The van der Waals surface area contributed by atoms with E-state index in [1.165, 1.54) is 0 Å². The number of rotatable bonds is 9. The van der Waals surface area contributed by atoms with Crippen molar-refractivity contribution in [3.05, 3.63) is 29.3 Å². The third kappa shape index (κ3) is 6.26. The molecule has 0 saturated carbocycles. The molecule has 0 aromatic heterocycles.